The Morgan fingerprint density at radius 3 is 2.53 bits per heavy atom. The van der Waals surface area contributed by atoms with Gasteiger partial charge in [0.2, 0.25) is 6.04 Å². The molecule has 1 aliphatic rings. The van der Waals surface area contributed by atoms with Crippen molar-refractivity contribution in [3.63, 3.8) is 0 Å². The zero-order chi connectivity index (χ0) is 24.5. The summed E-state index contributed by atoms with van der Waals surface area (Å²) in [7, 11) is 0. The highest BCUT2D eigenvalue weighted by molar-refractivity contribution is 5.70. The van der Waals surface area contributed by atoms with E-state index >= 15 is 0 Å². The molecule has 0 spiro atoms. The number of hydrogen-bond donors (Lipinski definition) is 1. The number of aliphatic hydroxyl groups is 1. The summed E-state index contributed by atoms with van der Waals surface area (Å²) in [5.74, 6) is -0.535. The minimum absolute atomic E-state index is 0.148. The molecule has 0 radical (unpaired) electrons. The number of hydrogen-bond acceptors (Lipinski definition) is 7. The number of nitro groups is 1. The van der Waals surface area contributed by atoms with E-state index in [1.807, 2.05) is 0 Å². The van der Waals surface area contributed by atoms with Crippen LogP contribution >= 0.6 is 0 Å². The summed E-state index contributed by atoms with van der Waals surface area (Å²) < 4.78 is 52.2. The average Bonchev–Trinajstić information content (AvgIpc) is 2.91. The quantitative estimate of drug-likeness (QED) is 0.507. The van der Waals surface area contributed by atoms with Crippen molar-refractivity contribution in [2.45, 2.75) is 76.9 Å². The molecular weight excluding hydrogens is 437 g/mol. The molecule has 1 amide bonds. The van der Waals surface area contributed by atoms with Crippen molar-refractivity contribution in [3.8, 4) is 5.75 Å². The Morgan fingerprint density at radius 1 is 1.38 bits per heavy atom. The lowest BCUT2D eigenvalue weighted by Crippen LogP contribution is -2.57. The highest BCUT2D eigenvalue weighted by Gasteiger charge is 2.52. The molecule has 1 saturated heterocycles. The van der Waals surface area contributed by atoms with Crippen molar-refractivity contribution in [3.05, 3.63) is 39.9 Å². The summed E-state index contributed by atoms with van der Waals surface area (Å²) in [6.45, 7) is 7.88. The molecular formula is C20H27F3N2O7. The van der Waals surface area contributed by atoms with E-state index < -0.39 is 59.1 Å². The van der Waals surface area contributed by atoms with Gasteiger partial charge in [-0.05, 0) is 52.3 Å². The number of amides is 1. The number of rotatable bonds is 6. The molecule has 0 aromatic heterocycles. The van der Waals surface area contributed by atoms with Crippen LogP contribution in [-0.2, 0) is 15.9 Å². The van der Waals surface area contributed by atoms with E-state index in [0.717, 1.165) is 17.0 Å². The first-order valence-electron chi connectivity index (χ1n) is 9.83. The Hall–Kier alpha value is -2.60. The maximum Gasteiger partial charge on any atom is 0.573 e. The topological polar surface area (TPSA) is 111 Å². The number of aliphatic hydroxyl groups excluding tert-OH is 1. The molecule has 0 aliphatic carbocycles. The second kappa shape index (κ2) is 9.10. The number of alkyl halides is 3. The number of benzene rings is 1. The zero-order valence-corrected chi connectivity index (χ0v) is 18.4. The van der Waals surface area contributed by atoms with Gasteiger partial charge in [-0.15, -0.1) is 13.2 Å². The molecule has 0 saturated carbocycles. The third-order valence-corrected chi connectivity index (χ3v) is 4.75. The fourth-order valence-corrected chi connectivity index (χ4v) is 3.44. The van der Waals surface area contributed by atoms with Crippen molar-refractivity contribution in [1.29, 1.82) is 0 Å². The van der Waals surface area contributed by atoms with Crippen LogP contribution < -0.4 is 4.74 Å². The summed E-state index contributed by atoms with van der Waals surface area (Å²) in [4.78, 5) is 24.9. The second-order valence-corrected chi connectivity index (χ2v) is 8.92. The molecule has 1 N–H and O–H groups in total. The van der Waals surface area contributed by atoms with Crippen molar-refractivity contribution in [2.75, 3.05) is 6.61 Å². The molecule has 1 heterocycles. The predicted octanol–water partition coefficient (Wildman–Crippen LogP) is 3.51. The molecule has 1 aromatic rings. The Balaban J connectivity index is 2.27. The van der Waals surface area contributed by atoms with Crippen LogP contribution in [0.3, 0.4) is 0 Å². The normalized spacial score (nSPS) is 20.5. The smallest absolute Gasteiger partial charge is 0.444 e. The first-order valence-corrected chi connectivity index (χ1v) is 9.83. The van der Waals surface area contributed by atoms with Crippen LogP contribution in [0.25, 0.3) is 0 Å². The minimum atomic E-state index is -4.92. The van der Waals surface area contributed by atoms with Crippen molar-refractivity contribution >= 4 is 6.09 Å². The van der Waals surface area contributed by atoms with Crippen LogP contribution in [0, 0.1) is 10.1 Å². The summed E-state index contributed by atoms with van der Waals surface area (Å²) in [5, 5.41) is 22.6. The lowest BCUT2D eigenvalue weighted by molar-refractivity contribution is -0.535. The van der Waals surface area contributed by atoms with E-state index in [0.29, 0.717) is 0 Å². The highest BCUT2D eigenvalue weighted by Crippen LogP contribution is 2.33. The summed E-state index contributed by atoms with van der Waals surface area (Å²) in [6, 6.07) is 1.97. The van der Waals surface area contributed by atoms with Gasteiger partial charge in [0.05, 0.1) is 12.6 Å². The Kier molecular flexibility index (Phi) is 7.30. The van der Waals surface area contributed by atoms with Gasteiger partial charge in [-0.25, -0.2) is 4.79 Å². The molecule has 0 bridgehead atoms. The van der Waals surface area contributed by atoms with Crippen LogP contribution in [-0.4, -0.2) is 63.5 Å². The van der Waals surface area contributed by atoms with Crippen LogP contribution in [0.4, 0.5) is 18.0 Å². The number of halogens is 3. The van der Waals surface area contributed by atoms with Crippen molar-refractivity contribution in [2.24, 2.45) is 0 Å². The van der Waals surface area contributed by atoms with Gasteiger partial charge in [0.1, 0.15) is 23.2 Å². The monoisotopic (exact) mass is 464 g/mol. The van der Waals surface area contributed by atoms with Crippen LogP contribution in [0.1, 0.15) is 40.2 Å². The fourth-order valence-electron chi connectivity index (χ4n) is 3.44. The molecule has 1 fully saturated rings. The third kappa shape index (κ3) is 6.70. The summed E-state index contributed by atoms with van der Waals surface area (Å²) >= 11 is 0. The lowest BCUT2D eigenvalue weighted by Gasteiger charge is -2.36. The average molecular weight is 464 g/mol. The number of ether oxygens (including phenoxy) is 3. The van der Waals surface area contributed by atoms with Crippen LogP contribution in [0.15, 0.2) is 24.3 Å². The summed E-state index contributed by atoms with van der Waals surface area (Å²) in [5.41, 5.74) is -1.91. The molecule has 180 valence electrons. The van der Waals surface area contributed by atoms with Gasteiger partial charge >= 0.3 is 12.5 Å². The lowest BCUT2D eigenvalue weighted by atomic mass is 9.96. The number of nitrogens with zero attached hydrogens (tertiary/aromatic N) is 2. The molecule has 32 heavy (non-hydrogen) atoms. The van der Waals surface area contributed by atoms with Gasteiger partial charge in [0.25, 0.3) is 0 Å². The molecule has 3 atom stereocenters. The zero-order valence-electron chi connectivity index (χ0n) is 18.4. The van der Waals surface area contributed by atoms with Crippen LogP contribution in [0.2, 0.25) is 0 Å². The number of carbonyl (C=O) groups excluding carboxylic acids is 1. The SMILES string of the molecule is CC(C)(C)OC(=O)N1[C@@H]([C@@H](O)[C@H](Cc2cccc(OC(F)(F)F)c2)[N+](=O)[O-])COC1(C)C. The molecule has 1 aromatic carbocycles. The Morgan fingerprint density at radius 2 is 2.00 bits per heavy atom. The van der Waals surface area contributed by atoms with Gasteiger partial charge in [0, 0.05) is 11.3 Å². The van der Waals surface area contributed by atoms with E-state index in [-0.39, 0.29) is 12.2 Å². The summed E-state index contributed by atoms with van der Waals surface area (Å²) in [6.07, 6.45) is -7.82. The van der Waals surface area contributed by atoms with E-state index in [1.54, 1.807) is 34.6 Å². The Labute approximate surface area is 183 Å². The molecule has 9 nitrogen and oxygen atoms in total. The predicted molar refractivity (Wildman–Crippen MR) is 106 cm³/mol. The minimum Gasteiger partial charge on any atom is -0.444 e. The standard InChI is InChI=1S/C20H27F3N2O7/c1-18(2,3)32-17(27)24-15(11-30-19(24,4)5)16(26)14(25(28)29)10-12-7-6-8-13(9-12)31-20(21,22)23/h6-9,14-16,26H,10-11H2,1-5H3/t14-,15+,16-/m0/s1. The maximum absolute atomic E-state index is 12.7. The van der Waals surface area contributed by atoms with E-state index in [1.165, 1.54) is 12.1 Å². The van der Waals surface area contributed by atoms with E-state index in [9.17, 15) is 33.2 Å². The molecule has 1 aliphatic heterocycles. The second-order valence-electron chi connectivity index (χ2n) is 8.92. The van der Waals surface area contributed by atoms with Crippen LogP contribution in [0.5, 0.6) is 5.75 Å². The maximum atomic E-state index is 12.7. The van der Waals surface area contributed by atoms with Gasteiger partial charge in [-0.1, -0.05) is 12.1 Å². The molecule has 2 rings (SSSR count). The van der Waals surface area contributed by atoms with Gasteiger partial charge in [-0.3, -0.25) is 15.0 Å². The first kappa shape index (κ1) is 25.7. The fraction of sp³-hybridized carbons (Fsp3) is 0.650. The Bertz CT molecular complexity index is 839. The van der Waals surface area contributed by atoms with E-state index in [2.05, 4.69) is 4.74 Å². The van der Waals surface area contributed by atoms with Gasteiger partial charge < -0.3 is 19.3 Å². The first-order chi connectivity index (χ1) is 14.5. The van der Waals surface area contributed by atoms with Crippen molar-refractivity contribution in [1.82, 2.24) is 4.90 Å². The highest BCUT2D eigenvalue weighted by atomic mass is 19.4. The van der Waals surface area contributed by atoms with Gasteiger partial charge in [0.15, 0.2) is 0 Å². The largest absolute Gasteiger partial charge is 0.573 e. The van der Waals surface area contributed by atoms with Gasteiger partial charge in [-0.2, -0.15) is 0 Å². The third-order valence-electron chi connectivity index (χ3n) is 4.75. The van der Waals surface area contributed by atoms with E-state index in [4.69, 9.17) is 9.47 Å². The molecule has 12 heteroatoms. The number of carbonyl (C=O) groups is 1. The van der Waals surface area contributed by atoms with Crippen molar-refractivity contribution < 1.29 is 42.2 Å². The molecule has 0 unspecified atom stereocenters.